The minimum Gasteiger partial charge on any atom is -0.308 e. The molecule has 0 radical (unpaired) electrons. The predicted octanol–water partition coefficient (Wildman–Crippen LogP) is 1.46. The van der Waals surface area contributed by atoms with Crippen LogP contribution in [0, 0.1) is 0 Å². The molecule has 1 fully saturated rings. The highest BCUT2D eigenvalue weighted by Crippen LogP contribution is 2.21. The lowest BCUT2D eigenvalue weighted by Gasteiger charge is -2.38. The van der Waals surface area contributed by atoms with Gasteiger partial charge < -0.3 is 5.32 Å². The van der Waals surface area contributed by atoms with Crippen LogP contribution in [0.3, 0.4) is 0 Å². The van der Waals surface area contributed by atoms with E-state index in [9.17, 15) is 8.42 Å². The molecule has 112 valence electrons. The Labute approximate surface area is 122 Å². The van der Waals surface area contributed by atoms with Crippen molar-refractivity contribution in [3.63, 3.8) is 0 Å². The Morgan fingerprint density at radius 3 is 2.55 bits per heavy atom. The molecule has 0 amide bonds. The maximum absolute atomic E-state index is 11.8. The Morgan fingerprint density at radius 1 is 1.30 bits per heavy atom. The van der Waals surface area contributed by atoms with Crippen LogP contribution in [0.15, 0.2) is 30.3 Å². The fourth-order valence-corrected chi connectivity index (χ4v) is 2.94. The Hall–Kier alpha value is -0.910. The SMILES string of the molecule is CC(C)(CN1CCNC(c2ccccc2)C1)S(C)(=O)=O. The van der Waals surface area contributed by atoms with Gasteiger partial charge in [0.05, 0.1) is 4.75 Å². The molecule has 4 nitrogen and oxygen atoms in total. The van der Waals surface area contributed by atoms with Gasteiger partial charge in [-0.3, -0.25) is 4.90 Å². The van der Waals surface area contributed by atoms with Gasteiger partial charge in [-0.15, -0.1) is 0 Å². The zero-order valence-corrected chi connectivity index (χ0v) is 13.3. The number of piperazine rings is 1. The van der Waals surface area contributed by atoms with E-state index < -0.39 is 14.6 Å². The first-order valence-electron chi connectivity index (χ1n) is 7.00. The number of sulfone groups is 1. The fraction of sp³-hybridized carbons (Fsp3) is 0.600. The quantitative estimate of drug-likeness (QED) is 0.914. The second-order valence-electron chi connectivity index (χ2n) is 6.18. The van der Waals surface area contributed by atoms with Crippen LogP contribution in [0.5, 0.6) is 0 Å². The summed E-state index contributed by atoms with van der Waals surface area (Å²) in [5, 5.41) is 3.50. The first kappa shape index (κ1) is 15.5. The van der Waals surface area contributed by atoms with Gasteiger partial charge >= 0.3 is 0 Å². The third-order valence-electron chi connectivity index (χ3n) is 4.07. The molecular formula is C15H24N2O2S. The van der Waals surface area contributed by atoms with E-state index in [2.05, 4.69) is 22.3 Å². The normalized spacial score (nSPS) is 21.9. The number of nitrogens with zero attached hydrogens (tertiary/aromatic N) is 1. The van der Waals surface area contributed by atoms with Gasteiger partial charge in [0, 0.05) is 38.5 Å². The minimum atomic E-state index is -3.05. The van der Waals surface area contributed by atoms with Gasteiger partial charge in [0.15, 0.2) is 9.84 Å². The van der Waals surface area contributed by atoms with Crippen molar-refractivity contribution in [2.45, 2.75) is 24.6 Å². The van der Waals surface area contributed by atoms with Gasteiger partial charge in [-0.2, -0.15) is 0 Å². The first-order valence-corrected chi connectivity index (χ1v) is 8.89. The zero-order valence-electron chi connectivity index (χ0n) is 12.5. The zero-order chi connectivity index (χ0) is 14.8. The lowest BCUT2D eigenvalue weighted by atomic mass is 10.0. The second kappa shape index (κ2) is 5.84. The van der Waals surface area contributed by atoms with Crippen molar-refractivity contribution < 1.29 is 8.42 Å². The Bertz CT molecular complexity index is 540. The largest absolute Gasteiger partial charge is 0.308 e. The summed E-state index contributed by atoms with van der Waals surface area (Å²) in [5.41, 5.74) is 1.26. The van der Waals surface area contributed by atoms with Crippen LogP contribution < -0.4 is 5.32 Å². The van der Waals surface area contributed by atoms with Gasteiger partial charge in [0.2, 0.25) is 0 Å². The Morgan fingerprint density at radius 2 is 1.95 bits per heavy atom. The third kappa shape index (κ3) is 3.59. The van der Waals surface area contributed by atoms with E-state index in [1.807, 2.05) is 32.0 Å². The Kier molecular flexibility index (Phi) is 4.52. The highest BCUT2D eigenvalue weighted by Gasteiger charge is 2.34. The van der Waals surface area contributed by atoms with Crippen molar-refractivity contribution in [3.8, 4) is 0 Å². The van der Waals surface area contributed by atoms with Gasteiger partial charge in [-0.1, -0.05) is 30.3 Å². The van der Waals surface area contributed by atoms with Crippen LogP contribution in [-0.2, 0) is 9.84 Å². The molecule has 1 heterocycles. The number of hydrogen-bond donors (Lipinski definition) is 1. The van der Waals surface area contributed by atoms with Gasteiger partial charge in [-0.05, 0) is 19.4 Å². The summed E-state index contributed by atoms with van der Waals surface area (Å²) in [7, 11) is -3.05. The second-order valence-corrected chi connectivity index (χ2v) is 8.83. The molecule has 0 spiro atoms. The van der Waals surface area contributed by atoms with E-state index in [0.717, 1.165) is 19.6 Å². The van der Waals surface area contributed by atoms with E-state index >= 15 is 0 Å². The summed E-state index contributed by atoms with van der Waals surface area (Å²) < 4.78 is 23.0. The van der Waals surface area contributed by atoms with E-state index in [0.29, 0.717) is 6.54 Å². The molecule has 0 saturated carbocycles. The van der Waals surface area contributed by atoms with E-state index in [-0.39, 0.29) is 6.04 Å². The minimum absolute atomic E-state index is 0.278. The van der Waals surface area contributed by atoms with Gasteiger partial charge in [0.1, 0.15) is 0 Å². The van der Waals surface area contributed by atoms with Crippen LogP contribution in [0.4, 0.5) is 0 Å². The fourth-order valence-electron chi connectivity index (χ4n) is 2.52. The lowest BCUT2D eigenvalue weighted by Crippen LogP contribution is -2.52. The molecule has 1 aromatic carbocycles. The number of benzene rings is 1. The van der Waals surface area contributed by atoms with Crippen molar-refractivity contribution in [1.82, 2.24) is 10.2 Å². The van der Waals surface area contributed by atoms with Crippen molar-refractivity contribution in [1.29, 1.82) is 0 Å². The van der Waals surface area contributed by atoms with E-state index in [4.69, 9.17) is 0 Å². The molecule has 20 heavy (non-hydrogen) atoms. The predicted molar refractivity (Wildman–Crippen MR) is 82.5 cm³/mol. The molecular weight excluding hydrogens is 272 g/mol. The van der Waals surface area contributed by atoms with Crippen LogP contribution in [0.2, 0.25) is 0 Å². The maximum Gasteiger partial charge on any atom is 0.153 e. The molecule has 0 aliphatic carbocycles. The molecule has 5 heteroatoms. The Balaban J connectivity index is 2.05. The summed E-state index contributed by atoms with van der Waals surface area (Å²) in [6.07, 6.45) is 1.32. The van der Waals surface area contributed by atoms with Crippen molar-refractivity contribution in [3.05, 3.63) is 35.9 Å². The summed E-state index contributed by atoms with van der Waals surface area (Å²) in [6.45, 7) is 6.82. The smallest absolute Gasteiger partial charge is 0.153 e. The van der Waals surface area contributed by atoms with Crippen LogP contribution in [-0.4, -0.2) is 50.5 Å². The molecule has 1 aliphatic heterocycles. The number of rotatable bonds is 4. The van der Waals surface area contributed by atoms with Crippen molar-refractivity contribution >= 4 is 9.84 Å². The number of nitrogens with one attached hydrogen (secondary N) is 1. The molecule has 2 rings (SSSR count). The van der Waals surface area contributed by atoms with Crippen LogP contribution in [0.25, 0.3) is 0 Å². The molecule has 1 aliphatic rings. The van der Waals surface area contributed by atoms with Crippen molar-refractivity contribution in [2.75, 3.05) is 32.4 Å². The topological polar surface area (TPSA) is 49.4 Å². The summed E-state index contributed by atoms with van der Waals surface area (Å²) in [6, 6.07) is 10.6. The highest BCUT2D eigenvalue weighted by molar-refractivity contribution is 7.92. The summed E-state index contributed by atoms with van der Waals surface area (Å²) in [5.74, 6) is 0. The molecule has 1 saturated heterocycles. The average Bonchev–Trinajstić information content (AvgIpc) is 2.38. The number of hydrogen-bond acceptors (Lipinski definition) is 4. The summed E-state index contributed by atoms with van der Waals surface area (Å²) in [4.78, 5) is 2.25. The van der Waals surface area contributed by atoms with E-state index in [1.165, 1.54) is 11.8 Å². The van der Waals surface area contributed by atoms with Gasteiger partial charge in [-0.25, -0.2) is 8.42 Å². The monoisotopic (exact) mass is 296 g/mol. The maximum atomic E-state index is 11.8. The first-order chi connectivity index (χ1) is 9.29. The standard InChI is InChI=1S/C15H24N2O2S/c1-15(2,20(3,18)19)12-17-10-9-16-14(11-17)13-7-5-4-6-8-13/h4-8,14,16H,9-12H2,1-3H3. The van der Waals surface area contributed by atoms with Gasteiger partial charge in [0.25, 0.3) is 0 Å². The molecule has 1 unspecified atom stereocenters. The van der Waals surface area contributed by atoms with E-state index in [1.54, 1.807) is 0 Å². The average molecular weight is 296 g/mol. The molecule has 0 aromatic heterocycles. The summed E-state index contributed by atoms with van der Waals surface area (Å²) >= 11 is 0. The molecule has 1 N–H and O–H groups in total. The lowest BCUT2D eigenvalue weighted by molar-refractivity contribution is 0.187. The van der Waals surface area contributed by atoms with Crippen LogP contribution in [0.1, 0.15) is 25.5 Å². The highest BCUT2D eigenvalue weighted by atomic mass is 32.2. The molecule has 1 aromatic rings. The van der Waals surface area contributed by atoms with Crippen molar-refractivity contribution in [2.24, 2.45) is 0 Å². The third-order valence-corrected chi connectivity index (χ3v) is 6.21. The van der Waals surface area contributed by atoms with Crippen LogP contribution >= 0.6 is 0 Å². The molecule has 1 atom stereocenters. The molecule has 0 bridgehead atoms.